The topological polar surface area (TPSA) is 39.7 Å². The Hall–Kier alpha value is -0.0400. The number of aliphatic imine (C=N–C) groups is 1. The molecule has 0 saturated carbocycles. The maximum Gasteiger partial charge on any atom is 0.191 e. The number of halogens is 1. The summed E-state index contributed by atoms with van der Waals surface area (Å²) in [5, 5.41) is 6.74. The van der Waals surface area contributed by atoms with Crippen molar-refractivity contribution in [2.75, 3.05) is 39.3 Å². The van der Waals surface area contributed by atoms with Crippen molar-refractivity contribution in [3.8, 4) is 0 Å². The second-order valence-corrected chi connectivity index (χ2v) is 5.57. The van der Waals surface area contributed by atoms with Crippen LogP contribution in [0.4, 0.5) is 0 Å². The zero-order valence-corrected chi connectivity index (χ0v) is 15.8. The smallest absolute Gasteiger partial charge is 0.191 e. The molecule has 120 valence electrons. The van der Waals surface area contributed by atoms with Gasteiger partial charge in [0.05, 0.1) is 0 Å². The molecule has 0 spiro atoms. The molecular weight excluding hydrogens is 363 g/mol. The van der Waals surface area contributed by atoms with Crippen LogP contribution in [-0.4, -0.2) is 50.1 Å². The largest absolute Gasteiger partial charge is 0.357 e. The predicted octanol–water partition coefficient (Wildman–Crippen LogP) is 2.69. The van der Waals surface area contributed by atoms with Crippen LogP contribution in [0.2, 0.25) is 0 Å². The molecule has 0 aliphatic carbocycles. The molecule has 4 nitrogen and oxygen atoms in total. The van der Waals surface area contributed by atoms with Crippen LogP contribution in [0, 0.1) is 5.92 Å². The molecule has 0 bridgehead atoms. The van der Waals surface area contributed by atoms with Crippen LogP contribution in [0.3, 0.4) is 0 Å². The summed E-state index contributed by atoms with van der Waals surface area (Å²) >= 11 is 0. The summed E-state index contributed by atoms with van der Waals surface area (Å²) in [4.78, 5) is 7.13. The lowest BCUT2D eigenvalue weighted by atomic mass is 9.99. The van der Waals surface area contributed by atoms with E-state index >= 15 is 0 Å². The number of nitrogens with one attached hydrogen (secondary N) is 2. The number of hydrogen-bond acceptors (Lipinski definition) is 2. The van der Waals surface area contributed by atoms with E-state index in [0.717, 1.165) is 38.1 Å². The minimum absolute atomic E-state index is 0. The van der Waals surface area contributed by atoms with Crippen molar-refractivity contribution in [2.24, 2.45) is 10.9 Å². The maximum absolute atomic E-state index is 4.57. The minimum atomic E-state index is 0. The van der Waals surface area contributed by atoms with Crippen LogP contribution < -0.4 is 10.6 Å². The summed E-state index contributed by atoms with van der Waals surface area (Å²) in [5.74, 6) is 1.89. The van der Waals surface area contributed by atoms with E-state index in [1.165, 1.54) is 38.8 Å². The van der Waals surface area contributed by atoms with E-state index in [-0.39, 0.29) is 24.0 Å². The lowest BCUT2D eigenvalue weighted by molar-refractivity contribution is 0.195. The highest BCUT2D eigenvalue weighted by Crippen LogP contribution is 2.14. The Morgan fingerprint density at radius 1 is 1.20 bits per heavy atom. The molecule has 1 heterocycles. The molecule has 0 atom stereocenters. The number of unbranched alkanes of at least 4 members (excludes halogenated alkanes) is 1. The molecule has 0 unspecified atom stereocenters. The number of hydrogen-bond donors (Lipinski definition) is 2. The van der Waals surface area contributed by atoms with Crippen molar-refractivity contribution in [2.45, 2.75) is 46.5 Å². The highest BCUT2D eigenvalue weighted by atomic mass is 127. The Bertz CT molecular complexity index is 250. The molecule has 1 aliphatic rings. The van der Waals surface area contributed by atoms with Gasteiger partial charge in [-0.1, -0.05) is 20.3 Å². The number of nitrogens with zero attached hydrogens (tertiary/aromatic N) is 2. The molecule has 0 amide bonds. The van der Waals surface area contributed by atoms with E-state index in [0.29, 0.717) is 0 Å². The lowest BCUT2D eigenvalue weighted by Gasteiger charge is -2.30. The van der Waals surface area contributed by atoms with Crippen LogP contribution in [-0.2, 0) is 0 Å². The molecule has 2 N–H and O–H groups in total. The minimum Gasteiger partial charge on any atom is -0.357 e. The van der Waals surface area contributed by atoms with E-state index in [4.69, 9.17) is 0 Å². The van der Waals surface area contributed by atoms with Gasteiger partial charge in [-0.3, -0.25) is 4.99 Å². The van der Waals surface area contributed by atoms with Gasteiger partial charge < -0.3 is 15.5 Å². The van der Waals surface area contributed by atoms with Crippen LogP contribution in [0.5, 0.6) is 0 Å². The highest BCUT2D eigenvalue weighted by molar-refractivity contribution is 14.0. The summed E-state index contributed by atoms with van der Waals surface area (Å²) in [6.07, 6.45) is 5.07. The van der Waals surface area contributed by atoms with Crippen LogP contribution >= 0.6 is 24.0 Å². The van der Waals surface area contributed by atoms with Gasteiger partial charge in [0.2, 0.25) is 0 Å². The number of piperidine rings is 1. The molecule has 20 heavy (non-hydrogen) atoms. The molecule has 1 saturated heterocycles. The van der Waals surface area contributed by atoms with Crippen molar-refractivity contribution in [1.29, 1.82) is 0 Å². The van der Waals surface area contributed by atoms with Gasteiger partial charge in [-0.2, -0.15) is 0 Å². The number of rotatable bonds is 7. The Morgan fingerprint density at radius 2 is 1.90 bits per heavy atom. The SMILES string of the molecule is CCCCN=C(NCC)NCCN1CCC(C)CC1.I. The third-order valence-electron chi connectivity index (χ3n) is 3.72. The third-order valence-corrected chi connectivity index (χ3v) is 3.72. The Labute approximate surface area is 142 Å². The summed E-state index contributed by atoms with van der Waals surface area (Å²) in [6.45, 7) is 13.2. The average molecular weight is 396 g/mol. The van der Waals surface area contributed by atoms with Gasteiger partial charge >= 0.3 is 0 Å². The molecule has 1 aliphatic heterocycles. The first-order chi connectivity index (χ1) is 9.26. The predicted molar refractivity (Wildman–Crippen MR) is 99.1 cm³/mol. The van der Waals surface area contributed by atoms with Crippen molar-refractivity contribution in [3.63, 3.8) is 0 Å². The zero-order chi connectivity index (χ0) is 13.9. The Morgan fingerprint density at radius 3 is 2.50 bits per heavy atom. The normalized spacial score (nSPS) is 17.6. The Balaban J connectivity index is 0.00000361. The first-order valence-electron chi connectivity index (χ1n) is 8.00. The van der Waals surface area contributed by atoms with Crippen molar-refractivity contribution in [3.05, 3.63) is 0 Å². The van der Waals surface area contributed by atoms with Crippen molar-refractivity contribution >= 4 is 29.9 Å². The maximum atomic E-state index is 4.57. The molecule has 0 aromatic carbocycles. The van der Waals surface area contributed by atoms with Gasteiger partial charge in [0, 0.05) is 26.2 Å². The highest BCUT2D eigenvalue weighted by Gasteiger charge is 2.14. The van der Waals surface area contributed by atoms with Gasteiger partial charge in [-0.25, -0.2) is 0 Å². The van der Waals surface area contributed by atoms with Crippen LogP contribution in [0.1, 0.15) is 46.5 Å². The van der Waals surface area contributed by atoms with Crippen molar-refractivity contribution in [1.82, 2.24) is 15.5 Å². The van der Waals surface area contributed by atoms with Gasteiger partial charge in [0.25, 0.3) is 0 Å². The fourth-order valence-electron chi connectivity index (χ4n) is 2.31. The fraction of sp³-hybridized carbons (Fsp3) is 0.933. The molecule has 1 rings (SSSR count). The van der Waals surface area contributed by atoms with Gasteiger partial charge in [-0.05, 0) is 45.2 Å². The van der Waals surface area contributed by atoms with Gasteiger partial charge in [0.1, 0.15) is 0 Å². The summed E-state index contributed by atoms with van der Waals surface area (Å²) in [7, 11) is 0. The standard InChI is InChI=1S/C15H32N4.HI/c1-4-6-9-17-15(16-5-2)18-10-13-19-11-7-14(3)8-12-19;/h14H,4-13H2,1-3H3,(H2,16,17,18);1H. The van der Waals surface area contributed by atoms with E-state index in [1.54, 1.807) is 0 Å². The van der Waals surface area contributed by atoms with Crippen LogP contribution in [0.25, 0.3) is 0 Å². The summed E-state index contributed by atoms with van der Waals surface area (Å²) in [5.41, 5.74) is 0. The first-order valence-corrected chi connectivity index (χ1v) is 8.00. The summed E-state index contributed by atoms with van der Waals surface area (Å²) in [6, 6.07) is 0. The van der Waals surface area contributed by atoms with Gasteiger partial charge in [0.15, 0.2) is 5.96 Å². The fourth-order valence-corrected chi connectivity index (χ4v) is 2.31. The monoisotopic (exact) mass is 396 g/mol. The molecule has 0 aromatic rings. The average Bonchev–Trinajstić information content (AvgIpc) is 2.41. The van der Waals surface area contributed by atoms with Gasteiger partial charge in [-0.15, -0.1) is 24.0 Å². The molecular formula is C15H33IN4. The van der Waals surface area contributed by atoms with E-state index in [1.807, 2.05) is 0 Å². The first kappa shape index (κ1) is 20.0. The lowest BCUT2D eigenvalue weighted by Crippen LogP contribution is -2.43. The second kappa shape index (κ2) is 12.7. The number of guanidine groups is 1. The van der Waals surface area contributed by atoms with E-state index in [9.17, 15) is 0 Å². The molecule has 1 fully saturated rings. The molecule has 0 radical (unpaired) electrons. The quantitative estimate of drug-likeness (QED) is 0.301. The van der Waals surface area contributed by atoms with Crippen LogP contribution in [0.15, 0.2) is 4.99 Å². The van der Waals surface area contributed by atoms with E-state index in [2.05, 4.69) is 41.3 Å². The third kappa shape index (κ3) is 9.00. The number of likely N-dealkylation sites (tertiary alicyclic amines) is 1. The van der Waals surface area contributed by atoms with Crippen molar-refractivity contribution < 1.29 is 0 Å². The van der Waals surface area contributed by atoms with E-state index < -0.39 is 0 Å². The second-order valence-electron chi connectivity index (χ2n) is 5.57. The molecule has 0 aromatic heterocycles. The summed E-state index contributed by atoms with van der Waals surface area (Å²) < 4.78 is 0. The Kier molecular flexibility index (Phi) is 12.7. The zero-order valence-electron chi connectivity index (χ0n) is 13.5. The molecule has 5 heteroatoms.